The molecule has 2 aromatic rings. The van der Waals surface area contributed by atoms with Gasteiger partial charge in [-0.05, 0) is 30.8 Å². The van der Waals surface area contributed by atoms with Gasteiger partial charge in [0.25, 0.3) is 0 Å². The van der Waals surface area contributed by atoms with Crippen molar-refractivity contribution in [1.82, 2.24) is 10.2 Å². The fourth-order valence-corrected chi connectivity index (χ4v) is 3.56. The Kier molecular flexibility index (Phi) is 6.95. The van der Waals surface area contributed by atoms with E-state index < -0.39 is 18.0 Å². The summed E-state index contributed by atoms with van der Waals surface area (Å²) in [7, 11) is 2.09. The van der Waals surface area contributed by atoms with E-state index in [1.807, 2.05) is 36.4 Å². The van der Waals surface area contributed by atoms with Gasteiger partial charge >= 0.3 is 12.0 Å². The van der Waals surface area contributed by atoms with Crippen molar-refractivity contribution in [2.75, 3.05) is 43.4 Å². The van der Waals surface area contributed by atoms with Crippen LogP contribution in [-0.2, 0) is 11.2 Å². The Morgan fingerprint density at radius 3 is 2.41 bits per heavy atom. The van der Waals surface area contributed by atoms with Crippen LogP contribution in [0.3, 0.4) is 0 Å². The Hall–Kier alpha value is -2.77. The third-order valence-corrected chi connectivity index (χ3v) is 5.24. The highest BCUT2D eigenvalue weighted by molar-refractivity contribution is 6.33. The van der Waals surface area contributed by atoms with Crippen LogP contribution in [0, 0.1) is 0 Å². The molecule has 3 rings (SSSR count). The largest absolute Gasteiger partial charge is 0.480 e. The lowest BCUT2D eigenvalue weighted by atomic mass is 10.1. The van der Waals surface area contributed by atoms with Crippen LogP contribution in [0.2, 0.25) is 5.02 Å². The predicted molar refractivity (Wildman–Crippen MR) is 115 cm³/mol. The van der Waals surface area contributed by atoms with Crippen LogP contribution in [0.1, 0.15) is 5.56 Å². The minimum Gasteiger partial charge on any atom is -0.480 e. The van der Waals surface area contributed by atoms with Gasteiger partial charge in [-0.25, -0.2) is 9.59 Å². The summed E-state index contributed by atoms with van der Waals surface area (Å²) in [5.41, 5.74) is 2.27. The molecule has 0 radical (unpaired) electrons. The van der Waals surface area contributed by atoms with Gasteiger partial charge in [-0.3, -0.25) is 0 Å². The number of carbonyl (C=O) groups is 2. The van der Waals surface area contributed by atoms with Gasteiger partial charge in [-0.15, -0.1) is 0 Å². The number of anilines is 2. The molecule has 1 unspecified atom stereocenters. The molecule has 2 amide bonds. The molecule has 3 N–H and O–H groups in total. The standard InChI is InChI=1S/C21H25ClN4O3/c1-25-9-11-26(12-10-25)19-8-7-16(14-17(19)22)23-21(29)24-18(20(27)28)13-15-5-3-2-4-6-15/h2-8,14,18H,9-13H2,1H3,(H,27,28)(H2,23,24,29). The van der Waals surface area contributed by atoms with E-state index in [-0.39, 0.29) is 6.42 Å². The summed E-state index contributed by atoms with van der Waals surface area (Å²) in [6.07, 6.45) is 0.201. The number of urea groups is 1. The molecule has 8 heteroatoms. The zero-order chi connectivity index (χ0) is 20.8. The molecule has 0 spiro atoms. The Bertz CT molecular complexity index is 854. The van der Waals surface area contributed by atoms with Crippen molar-refractivity contribution >= 4 is 35.0 Å². The van der Waals surface area contributed by atoms with Gasteiger partial charge in [0, 0.05) is 38.3 Å². The zero-order valence-electron chi connectivity index (χ0n) is 16.3. The number of carboxylic acid groups (broad SMARTS) is 1. The number of piperazine rings is 1. The maximum absolute atomic E-state index is 12.3. The van der Waals surface area contributed by atoms with Gasteiger partial charge in [0.1, 0.15) is 6.04 Å². The van der Waals surface area contributed by atoms with Gasteiger partial charge in [0.2, 0.25) is 0 Å². The normalized spacial score (nSPS) is 15.6. The number of carboxylic acids is 1. The number of rotatable bonds is 6. The maximum Gasteiger partial charge on any atom is 0.326 e. The molecule has 1 aliphatic rings. The van der Waals surface area contributed by atoms with Crippen molar-refractivity contribution < 1.29 is 14.7 Å². The molecule has 1 atom stereocenters. The minimum atomic E-state index is -1.09. The van der Waals surface area contributed by atoms with Gasteiger partial charge in [0.15, 0.2) is 0 Å². The van der Waals surface area contributed by atoms with Crippen molar-refractivity contribution in [3.63, 3.8) is 0 Å². The first-order chi connectivity index (χ1) is 13.9. The molecule has 1 heterocycles. The van der Waals surface area contributed by atoms with E-state index >= 15 is 0 Å². The number of benzene rings is 2. The number of likely N-dealkylation sites (N-methyl/N-ethyl adjacent to an activating group) is 1. The van der Waals surface area contributed by atoms with Crippen molar-refractivity contribution in [1.29, 1.82) is 0 Å². The molecule has 7 nitrogen and oxygen atoms in total. The number of hydrogen-bond acceptors (Lipinski definition) is 4. The molecular weight excluding hydrogens is 392 g/mol. The third kappa shape index (κ3) is 5.85. The van der Waals surface area contributed by atoms with Crippen LogP contribution in [0.15, 0.2) is 48.5 Å². The minimum absolute atomic E-state index is 0.201. The second-order valence-electron chi connectivity index (χ2n) is 7.14. The average Bonchev–Trinajstić information content (AvgIpc) is 2.69. The van der Waals surface area contributed by atoms with E-state index in [2.05, 4.69) is 27.5 Å². The molecule has 2 aromatic carbocycles. The number of amides is 2. The van der Waals surface area contributed by atoms with E-state index in [4.69, 9.17) is 11.6 Å². The summed E-state index contributed by atoms with van der Waals surface area (Å²) in [6, 6.07) is 12.9. The summed E-state index contributed by atoms with van der Waals surface area (Å²) in [4.78, 5) is 28.3. The lowest BCUT2D eigenvalue weighted by Gasteiger charge is -2.34. The van der Waals surface area contributed by atoms with E-state index in [0.717, 1.165) is 37.4 Å². The molecule has 0 bridgehead atoms. The highest BCUT2D eigenvalue weighted by Crippen LogP contribution is 2.29. The lowest BCUT2D eigenvalue weighted by molar-refractivity contribution is -0.139. The number of nitrogens with one attached hydrogen (secondary N) is 2. The molecule has 1 saturated heterocycles. The predicted octanol–water partition coefficient (Wildman–Crippen LogP) is 2.91. The number of aliphatic carboxylic acids is 1. The highest BCUT2D eigenvalue weighted by Gasteiger charge is 2.21. The summed E-state index contributed by atoms with van der Waals surface area (Å²) in [5, 5.41) is 15.1. The quantitative estimate of drug-likeness (QED) is 0.674. The molecular formula is C21H25ClN4O3. The Morgan fingerprint density at radius 2 is 1.79 bits per heavy atom. The second-order valence-corrected chi connectivity index (χ2v) is 7.54. The van der Waals surface area contributed by atoms with Crippen LogP contribution >= 0.6 is 11.6 Å². The lowest BCUT2D eigenvalue weighted by Crippen LogP contribution is -2.44. The first-order valence-corrected chi connectivity index (χ1v) is 9.87. The molecule has 0 aromatic heterocycles. The summed E-state index contributed by atoms with van der Waals surface area (Å²) < 4.78 is 0. The Balaban J connectivity index is 1.60. The van der Waals surface area contributed by atoms with Crippen molar-refractivity contribution in [2.24, 2.45) is 0 Å². The van der Waals surface area contributed by atoms with E-state index in [1.165, 1.54) is 0 Å². The number of halogens is 1. The van der Waals surface area contributed by atoms with Gasteiger partial charge < -0.3 is 25.5 Å². The van der Waals surface area contributed by atoms with Crippen molar-refractivity contribution in [3.05, 3.63) is 59.1 Å². The van der Waals surface area contributed by atoms with Crippen molar-refractivity contribution in [2.45, 2.75) is 12.5 Å². The SMILES string of the molecule is CN1CCN(c2ccc(NC(=O)NC(Cc3ccccc3)C(=O)O)cc2Cl)CC1. The van der Waals surface area contributed by atoms with Gasteiger partial charge in [0.05, 0.1) is 10.7 Å². The number of carbonyl (C=O) groups excluding carboxylic acids is 1. The van der Waals surface area contributed by atoms with Crippen LogP contribution in [0.5, 0.6) is 0 Å². The Labute approximate surface area is 175 Å². The van der Waals surface area contributed by atoms with E-state index in [1.54, 1.807) is 12.1 Å². The molecule has 1 fully saturated rings. The number of nitrogens with zero attached hydrogens (tertiary/aromatic N) is 2. The average molecular weight is 417 g/mol. The fraction of sp³-hybridized carbons (Fsp3) is 0.333. The molecule has 0 aliphatic carbocycles. The molecule has 0 saturated carbocycles. The van der Waals surface area contributed by atoms with Crippen LogP contribution in [-0.4, -0.2) is 61.3 Å². The number of hydrogen-bond donors (Lipinski definition) is 3. The van der Waals surface area contributed by atoms with E-state index in [9.17, 15) is 14.7 Å². The second kappa shape index (κ2) is 9.62. The van der Waals surface area contributed by atoms with Crippen LogP contribution < -0.4 is 15.5 Å². The smallest absolute Gasteiger partial charge is 0.326 e. The van der Waals surface area contributed by atoms with Crippen LogP contribution in [0.25, 0.3) is 0 Å². The topological polar surface area (TPSA) is 84.9 Å². The molecule has 29 heavy (non-hydrogen) atoms. The summed E-state index contributed by atoms with van der Waals surface area (Å²) in [6.45, 7) is 3.72. The van der Waals surface area contributed by atoms with Crippen LogP contribution in [0.4, 0.5) is 16.2 Å². The van der Waals surface area contributed by atoms with Gasteiger partial charge in [-0.2, -0.15) is 0 Å². The fourth-order valence-electron chi connectivity index (χ4n) is 3.26. The first-order valence-electron chi connectivity index (χ1n) is 9.49. The Morgan fingerprint density at radius 1 is 1.10 bits per heavy atom. The van der Waals surface area contributed by atoms with E-state index in [0.29, 0.717) is 10.7 Å². The molecule has 1 aliphatic heterocycles. The molecule has 154 valence electrons. The van der Waals surface area contributed by atoms with Gasteiger partial charge in [-0.1, -0.05) is 41.9 Å². The summed E-state index contributed by atoms with van der Waals surface area (Å²) >= 11 is 6.42. The highest BCUT2D eigenvalue weighted by atomic mass is 35.5. The zero-order valence-corrected chi connectivity index (χ0v) is 17.0. The summed E-state index contributed by atoms with van der Waals surface area (Å²) in [5.74, 6) is -1.09. The van der Waals surface area contributed by atoms with Crippen molar-refractivity contribution in [3.8, 4) is 0 Å². The first kappa shape index (κ1) is 21.0. The maximum atomic E-state index is 12.3. The monoisotopic (exact) mass is 416 g/mol. The third-order valence-electron chi connectivity index (χ3n) is 4.94.